The van der Waals surface area contributed by atoms with Crippen LogP contribution in [0.2, 0.25) is 0 Å². The van der Waals surface area contributed by atoms with Crippen molar-refractivity contribution >= 4 is 12.0 Å². The number of hydrogen-bond acceptors (Lipinski definition) is 6. The Kier molecular flexibility index (Phi) is 5.44. The van der Waals surface area contributed by atoms with E-state index in [-0.39, 0.29) is 5.89 Å². The van der Waals surface area contributed by atoms with E-state index in [1.54, 1.807) is 20.1 Å². The van der Waals surface area contributed by atoms with Crippen LogP contribution in [0.1, 0.15) is 54.8 Å². The zero-order valence-electron chi connectivity index (χ0n) is 17.6. The molecule has 0 unspecified atom stereocenters. The minimum atomic E-state index is -0.652. The molecular weight excluding hydrogens is 382 g/mol. The van der Waals surface area contributed by atoms with Crippen molar-refractivity contribution in [1.29, 1.82) is 0 Å². The summed E-state index contributed by atoms with van der Waals surface area (Å²) in [5.41, 5.74) is 4.18. The molecule has 7 nitrogen and oxygen atoms in total. The highest BCUT2D eigenvalue weighted by molar-refractivity contribution is 5.87. The molecule has 0 spiro atoms. The van der Waals surface area contributed by atoms with Crippen molar-refractivity contribution in [2.45, 2.75) is 45.8 Å². The van der Waals surface area contributed by atoms with E-state index in [0.29, 0.717) is 11.9 Å². The monoisotopic (exact) mass is 407 g/mol. The molecule has 0 radical (unpaired) electrons. The molecule has 1 saturated carbocycles. The number of methoxy groups -OCH3 is 1. The number of nitrogens with zero attached hydrogens (tertiary/aromatic N) is 3. The van der Waals surface area contributed by atoms with Gasteiger partial charge in [-0.15, -0.1) is 10.2 Å². The first-order valence-corrected chi connectivity index (χ1v) is 10.0. The normalized spacial score (nSPS) is 14.8. The molecule has 1 fully saturated rings. The fraction of sp³-hybridized carbons (Fsp3) is 0.348. The molecule has 2 aromatic heterocycles. The Labute approximate surface area is 175 Å². The maximum Gasteiger partial charge on any atom is 0.331 e. The van der Waals surface area contributed by atoms with E-state index in [9.17, 15) is 4.79 Å². The smallest absolute Gasteiger partial charge is 0.331 e. The molecule has 156 valence electrons. The van der Waals surface area contributed by atoms with E-state index >= 15 is 0 Å². The number of aryl methyl sites for hydroxylation is 1. The van der Waals surface area contributed by atoms with Crippen molar-refractivity contribution in [2.75, 3.05) is 7.11 Å². The average Bonchev–Trinajstić information content (AvgIpc) is 3.36. The average molecular weight is 407 g/mol. The summed E-state index contributed by atoms with van der Waals surface area (Å²) < 4.78 is 18.6. The molecule has 2 heterocycles. The van der Waals surface area contributed by atoms with Gasteiger partial charge in [-0.3, -0.25) is 0 Å². The second-order valence-corrected chi connectivity index (χ2v) is 7.51. The zero-order valence-corrected chi connectivity index (χ0v) is 17.6. The number of aromatic nitrogens is 3. The second-order valence-electron chi connectivity index (χ2n) is 7.51. The molecule has 0 saturated heterocycles. The van der Waals surface area contributed by atoms with Crippen LogP contribution in [-0.4, -0.2) is 27.8 Å². The maximum absolute atomic E-state index is 12.3. The van der Waals surface area contributed by atoms with Gasteiger partial charge < -0.3 is 18.5 Å². The van der Waals surface area contributed by atoms with Crippen LogP contribution >= 0.6 is 0 Å². The summed E-state index contributed by atoms with van der Waals surface area (Å²) in [6.45, 7) is 5.88. The fourth-order valence-electron chi connectivity index (χ4n) is 3.54. The summed E-state index contributed by atoms with van der Waals surface area (Å²) in [6, 6.07) is 9.99. The van der Waals surface area contributed by atoms with E-state index in [4.69, 9.17) is 13.9 Å². The number of benzene rings is 1. The highest BCUT2D eigenvalue weighted by Crippen LogP contribution is 2.38. The van der Waals surface area contributed by atoms with Crippen LogP contribution in [-0.2, 0) is 9.53 Å². The van der Waals surface area contributed by atoms with Gasteiger partial charge in [-0.25, -0.2) is 4.79 Å². The molecule has 0 bridgehead atoms. The fourth-order valence-corrected chi connectivity index (χ4v) is 3.54. The Morgan fingerprint density at radius 1 is 1.23 bits per heavy atom. The Morgan fingerprint density at radius 2 is 1.97 bits per heavy atom. The third-order valence-corrected chi connectivity index (χ3v) is 5.25. The van der Waals surface area contributed by atoms with E-state index in [1.807, 2.05) is 24.3 Å². The predicted molar refractivity (Wildman–Crippen MR) is 112 cm³/mol. The summed E-state index contributed by atoms with van der Waals surface area (Å²) in [6.07, 6.45) is 5.03. The summed E-state index contributed by atoms with van der Waals surface area (Å²) >= 11 is 0. The molecule has 4 rings (SSSR count). The first-order valence-electron chi connectivity index (χ1n) is 10.0. The van der Waals surface area contributed by atoms with Gasteiger partial charge in [0.25, 0.3) is 5.89 Å². The van der Waals surface area contributed by atoms with Crippen molar-refractivity contribution in [1.82, 2.24) is 14.8 Å². The summed E-state index contributed by atoms with van der Waals surface area (Å²) in [4.78, 5) is 12.3. The number of esters is 1. The molecular formula is C23H25N3O4. The predicted octanol–water partition coefficient (Wildman–Crippen LogP) is 4.82. The summed E-state index contributed by atoms with van der Waals surface area (Å²) in [7, 11) is 1.61. The first kappa shape index (κ1) is 19.9. The third-order valence-electron chi connectivity index (χ3n) is 5.25. The quantitative estimate of drug-likeness (QED) is 0.413. The van der Waals surface area contributed by atoms with Crippen molar-refractivity contribution in [3.8, 4) is 17.2 Å². The van der Waals surface area contributed by atoms with Gasteiger partial charge in [0, 0.05) is 29.1 Å². The van der Waals surface area contributed by atoms with Gasteiger partial charge in [0.05, 0.1) is 7.11 Å². The molecule has 0 aliphatic heterocycles. The van der Waals surface area contributed by atoms with Crippen LogP contribution in [0, 0.1) is 13.8 Å². The van der Waals surface area contributed by atoms with Gasteiger partial charge in [-0.2, -0.15) is 0 Å². The molecule has 0 amide bonds. The van der Waals surface area contributed by atoms with Crippen LogP contribution in [0.25, 0.3) is 17.5 Å². The number of carbonyl (C=O) groups is 1. The van der Waals surface area contributed by atoms with E-state index in [0.717, 1.165) is 16.9 Å². The van der Waals surface area contributed by atoms with Gasteiger partial charge in [-0.05, 0) is 75.6 Å². The Bertz CT molecular complexity index is 1070. The molecule has 1 aliphatic rings. The van der Waals surface area contributed by atoms with Crippen LogP contribution in [0.15, 0.2) is 40.8 Å². The topological polar surface area (TPSA) is 79.4 Å². The van der Waals surface area contributed by atoms with Crippen molar-refractivity contribution in [3.05, 3.63) is 59.2 Å². The maximum atomic E-state index is 12.3. The molecule has 7 heteroatoms. The molecule has 0 N–H and O–H groups in total. The first-order chi connectivity index (χ1) is 14.5. The van der Waals surface area contributed by atoms with Gasteiger partial charge >= 0.3 is 5.97 Å². The lowest BCUT2D eigenvalue weighted by Gasteiger charge is -2.07. The van der Waals surface area contributed by atoms with Crippen LogP contribution in [0.4, 0.5) is 0 Å². The molecule has 1 aromatic carbocycles. The largest absolute Gasteiger partial charge is 0.497 e. The molecule has 30 heavy (non-hydrogen) atoms. The van der Waals surface area contributed by atoms with Gasteiger partial charge in [-0.1, -0.05) is 0 Å². The molecule has 1 aliphatic carbocycles. The molecule has 3 aromatic rings. The lowest BCUT2D eigenvalue weighted by molar-refractivity contribution is -0.143. The van der Waals surface area contributed by atoms with Gasteiger partial charge in [0.1, 0.15) is 5.75 Å². The molecule has 1 atom stereocenters. The van der Waals surface area contributed by atoms with Crippen molar-refractivity contribution < 1.29 is 18.7 Å². The third kappa shape index (κ3) is 4.15. The number of hydrogen-bond donors (Lipinski definition) is 0. The highest BCUT2D eigenvalue weighted by Gasteiger charge is 2.26. The van der Waals surface area contributed by atoms with E-state index in [1.165, 1.54) is 30.3 Å². The Balaban J connectivity index is 1.39. The number of carbonyl (C=O) groups excluding carboxylic acids is 1. The van der Waals surface area contributed by atoms with E-state index in [2.05, 4.69) is 34.7 Å². The summed E-state index contributed by atoms with van der Waals surface area (Å²) in [5, 5.41) is 8.05. The SMILES string of the molecule is COc1ccc(-c2nnc([C@@H](C)OC(=O)/C=C/c3cc(C)n(C4CC4)c3C)o2)cc1. The minimum absolute atomic E-state index is 0.245. The van der Waals surface area contributed by atoms with Crippen molar-refractivity contribution in [2.24, 2.45) is 0 Å². The summed E-state index contributed by atoms with van der Waals surface area (Å²) in [5.74, 6) is 0.890. The highest BCUT2D eigenvalue weighted by atomic mass is 16.6. The van der Waals surface area contributed by atoms with Gasteiger partial charge in [0.2, 0.25) is 5.89 Å². The van der Waals surface area contributed by atoms with E-state index < -0.39 is 12.1 Å². The number of rotatable bonds is 7. The number of ether oxygens (including phenoxy) is 2. The second kappa shape index (κ2) is 8.18. The van der Waals surface area contributed by atoms with Crippen molar-refractivity contribution in [3.63, 3.8) is 0 Å². The lowest BCUT2D eigenvalue weighted by Crippen LogP contribution is -2.06. The standard InChI is InChI=1S/C23H25N3O4/c1-14-13-18(15(2)26(14)19-8-9-19)7-12-21(27)29-16(3)22-24-25-23(30-22)17-5-10-20(28-4)11-6-17/h5-7,10-13,16,19H,8-9H2,1-4H3/b12-7+/t16-/m1/s1. The van der Waals surface area contributed by atoms with Crippen LogP contribution in [0.5, 0.6) is 5.75 Å². The van der Waals surface area contributed by atoms with Gasteiger partial charge in [0.15, 0.2) is 6.10 Å². The van der Waals surface area contributed by atoms with Crippen LogP contribution in [0.3, 0.4) is 0 Å². The minimum Gasteiger partial charge on any atom is -0.497 e. The van der Waals surface area contributed by atoms with Crippen LogP contribution < -0.4 is 4.74 Å². The Morgan fingerprint density at radius 3 is 2.63 bits per heavy atom. The zero-order chi connectivity index (χ0) is 21.3. The Hall–Kier alpha value is -3.35. The lowest BCUT2D eigenvalue weighted by atomic mass is 10.2.